The minimum Gasteiger partial charge on any atom is -0.338 e. The first-order valence-electron chi connectivity index (χ1n) is 11.8. The molecule has 1 spiro atoms. The highest BCUT2D eigenvalue weighted by Gasteiger charge is 2.52. The van der Waals surface area contributed by atoms with Gasteiger partial charge in [0.1, 0.15) is 5.82 Å². The van der Waals surface area contributed by atoms with Crippen LogP contribution in [0.1, 0.15) is 54.6 Å². The molecule has 188 valence electrons. The first-order chi connectivity index (χ1) is 16.5. The molecule has 2 saturated heterocycles. The zero-order chi connectivity index (χ0) is 25.4. The zero-order valence-electron chi connectivity index (χ0n) is 19.7. The third-order valence-electron chi connectivity index (χ3n) is 7.25. The number of carbonyl (C=O) groups is 2. The Balaban J connectivity index is 1.56. The lowest BCUT2D eigenvalue weighted by molar-refractivity contribution is -0.137. The molecule has 2 atom stereocenters. The van der Waals surface area contributed by atoms with Crippen LogP contribution in [0.25, 0.3) is 0 Å². The molecule has 2 aliphatic rings. The number of carbonyl (C=O) groups excluding carboxylic acids is 2. The van der Waals surface area contributed by atoms with Gasteiger partial charge in [-0.3, -0.25) is 14.9 Å². The van der Waals surface area contributed by atoms with Crippen molar-refractivity contribution in [3.05, 3.63) is 71.0 Å². The molecule has 0 radical (unpaired) electrons. The van der Waals surface area contributed by atoms with Crippen molar-refractivity contribution in [2.45, 2.75) is 57.5 Å². The maximum absolute atomic E-state index is 13.5. The molecule has 0 aromatic heterocycles. The van der Waals surface area contributed by atoms with Crippen LogP contribution < -0.4 is 5.32 Å². The van der Waals surface area contributed by atoms with Gasteiger partial charge in [0.15, 0.2) is 0 Å². The fourth-order valence-corrected chi connectivity index (χ4v) is 4.96. The molecule has 2 aliphatic heterocycles. The third-order valence-corrected chi connectivity index (χ3v) is 7.25. The number of piperidine rings is 1. The summed E-state index contributed by atoms with van der Waals surface area (Å²) in [6, 6.07) is 9.98. The van der Waals surface area contributed by atoms with Crippen molar-refractivity contribution in [3.8, 4) is 0 Å². The van der Waals surface area contributed by atoms with Crippen molar-refractivity contribution in [1.82, 2.24) is 15.1 Å². The van der Waals surface area contributed by atoms with Crippen LogP contribution >= 0.6 is 0 Å². The van der Waals surface area contributed by atoms with Crippen molar-refractivity contribution in [2.75, 3.05) is 13.1 Å². The molecule has 9 heteroatoms. The van der Waals surface area contributed by atoms with Gasteiger partial charge in [0.25, 0.3) is 5.91 Å². The van der Waals surface area contributed by atoms with Gasteiger partial charge in [0.05, 0.1) is 17.3 Å². The predicted octanol–water partition coefficient (Wildman–Crippen LogP) is 4.82. The molecule has 0 saturated carbocycles. The van der Waals surface area contributed by atoms with Gasteiger partial charge in [-0.25, -0.2) is 4.39 Å². The molecule has 2 amide bonds. The number of likely N-dealkylation sites (tertiary alicyclic amines) is 1. The van der Waals surface area contributed by atoms with E-state index in [1.54, 1.807) is 15.9 Å². The van der Waals surface area contributed by atoms with Crippen LogP contribution in [0.4, 0.5) is 17.6 Å². The van der Waals surface area contributed by atoms with E-state index >= 15 is 0 Å². The van der Waals surface area contributed by atoms with E-state index in [9.17, 15) is 27.2 Å². The normalized spacial score (nSPS) is 21.0. The first-order valence-corrected chi connectivity index (χ1v) is 11.8. The highest BCUT2D eigenvalue weighted by Crippen LogP contribution is 2.37. The molecule has 2 fully saturated rings. The minimum absolute atomic E-state index is 0.0461. The molecule has 2 heterocycles. The highest BCUT2D eigenvalue weighted by atomic mass is 19.4. The van der Waals surface area contributed by atoms with Crippen LogP contribution in [0.2, 0.25) is 0 Å². The fraction of sp³-hybridized carbons (Fsp3) is 0.462. The molecular formula is C26H29F4N3O2. The Bertz CT molecular complexity index is 1080. The van der Waals surface area contributed by atoms with Gasteiger partial charge in [0, 0.05) is 38.0 Å². The number of hydrogen-bond acceptors (Lipinski definition) is 3. The summed E-state index contributed by atoms with van der Waals surface area (Å²) in [4.78, 5) is 29.7. The number of halogens is 4. The monoisotopic (exact) mass is 491 g/mol. The lowest BCUT2D eigenvalue weighted by atomic mass is 9.94. The summed E-state index contributed by atoms with van der Waals surface area (Å²) in [7, 11) is 0. The molecule has 0 bridgehead atoms. The Labute approximate surface area is 202 Å². The van der Waals surface area contributed by atoms with Crippen LogP contribution in [0.3, 0.4) is 0 Å². The van der Waals surface area contributed by atoms with Gasteiger partial charge in [-0.1, -0.05) is 32.4 Å². The molecule has 1 N–H and O–H groups in total. The molecule has 35 heavy (non-hydrogen) atoms. The molecule has 0 aliphatic carbocycles. The van der Waals surface area contributed by atoms with E-state index in [0.717, 1.165) is 18.6 Å². The smallest absolute Gasteiger partial charge is 0.338 e. The number of nitrogens with zero attached hydrogens (tertiary/aromatic N) is 2. The van der Waals surface area contributed by atoms with Crippen LogP contribution in [0.15, 0.2) is 48.5 Å². The molecule has 5 nitrogen and oxygen atoms in total. The molecule has 2 unspecified atom stereocenters. The summed E-state index contributed by atoms with van der Waals surface area (Å²) in [5.74, 6) is -0.721. The van der Waals surface area contributed by atoms with Crippen molar-refractivity contribution >= 4 is 11.8 Å². The van der Waals surface area contributed by atoms with E-state index in [2.05, 4.69) is 5.32 Å². The van der Waals surface area contributed by atoms with E-state index < -0.39 is 29.3 Å². The number of nitrogens with one attached hydrogen (secondary N) is 1. The Morgan fingerprint density at radius 2 is 1.80 bits per heavy atom. The number of amides is 2. The second-order valence-corrected chi connectivity index (χ2v) is 9.46. The average Bonchev–Trinajstić information content (AvgIpc) is 3.10. The zero-order valence-corrected chi connectivity index (χ0v) is 19.7. The predicted molar refractivity (Wildman–Crippen MR) is 123 cm³/mol. The van der Waals surface area contributed by atoms with E-state index in [0.29, 0.717) is 37.1 Å². The highest BCUT2D eigenvalue weighted by molar-refractivity contribution is 5.94. The standard InChI is InChI=1S/C26H29F4N3O2/c1-3-17(2)22-24(35)33(16-18-5-4-6-20(15-18)26(28,29)30)25(31-22)11-13-32(14-12-25)23(34)19-7-9-21(27)10-8-19/h4-10,15,17,22,31H,3,11-14,16H2,1-2H3. The van der Waals surface area contributed by atoms with Crippen molar-refractivity contribution in [3.63, 3.8) is 0 Å². The van der Waals surface area contributed by atoms with Gasteiger partial charge in [0.2, 0.25) is 5.91 Å². The molecule has 4 rings (SSSR count). The summed E-state index contributed by atoms with van der Waals surface area (Å²) < 4.78 is 53.0. The van der Waals surface area contributed by atoms with E-state index in [1.165, 1.54) is 30.3 Å². The van der Waals surface area contributed by atoms with E-state index in [4.69, 9.17) is 0 Å². The number of benzene rings is 2. The quantitative estimate of drug-likeness (QED) is 0.610. The third kappa shape index (κ3) is 5.05. The van der Waals surface area contributed by atoms with Crippen molar-refractivity contribution in [1.29, 1.82) is 0 Å². The Morgan fingerprint density at radius 3 is 2.40 bits per heavy atom. The second kappa shape index (κ2) is 9.60. The van der Waals surface area contributed by atoms with Gasteiger partial charge in [-0.05, 0) is 47.9 Å². The van der Waals surface area contributed by atoms with Crippen LogP contribution in [0.5, 0.6) is 0 Å². The number of alkyl halides is 3. The average molecular weight is 492 g/mol. The maximum atomic E-state index is 13.5. The lowest BCUT2D eigenvalue weighted by Gasteiger charge is -2.45. The largest absolute Gasteiger partial charge is 0.416 e. The number of hydrogen-bond donors (Lipinski definition) is 1. The SMILES string of the molecule is CCC(C)C1NC2(CCN(C(=O)c3ccc(F)cc3)CC2)N(Cc2cccc(C(F)(F)F)c2)C1=O. The fourth-order valence-electron chi connectivity index (χ4n) is 4.96. The molecule has 2 aromatic carbocycles. The Kier molecular flexibility index (Phi) is 6.90. The van der Waals surface area contributed by atoms with Gasteiger partial charge in [-0.15, -0.1) is 0 Å². The minimum atomic E-state index is -4.47. The second-order valence-electron chi connectivity index (χ2n) is 9.46. The maximum Gasteiger partial charge on any atom is 0.416 e. The Morgan fingerprint density at radius 1 is 1.14 bits per heavy atom. The van der Waals surface area contributed by atoms with Crippen LogP contribution in [-0.4, -0.2) is 46.4 Å². The van der Waals surface area contributed by atoms with Gasteiger partial charge >= 0.3 is 6.18 Å². The van der Waals surface area contributed by atoms with E-state index in [1.807, 2.05) is 13.8 Å². The summed E-state index contributed by atoms with van der Waals surface area (Å²) >= 11 is 0. The summed E-state index contributed by atoms with van der Waals surface area (Å²) in [5, 5.41) is 3.50. The molecular weight excluding hydrogens is 462 g/mol. The van der Waals surface area contributed by atoms with Gasteiger partial charge in [-0.2, -0.15) is 13.2 Å². The van der Waals surface area contributed by atoms with Crippen LogP contribution in [0, 0.1) is 11.7 Å². The van der Waals surface area contributed by atoms with Crippen molar-refractivity contribution < 1.29 is 27.2 Å². The summed E-state index contributed by atoms with van der Waals surface area (Å²) in [5.41, 5.74) is -0.708. The summed E-state index contributed by atoms with van der Waals surface area (Å²) in [6.07, 6.45) is -2.81. The first kappa shape index (κ1) is 25.2. The van der Waals surface area contributed by atoms with Crippen molar-refractivity contribution in [2.24, 2.45) is 5.92 Å². The lowest BCUT2D eigenvalue weighted by Crippen LogP contribution is -2.59. The van der Waals surface area contributed by atoms with Gasteiger partial charge < -0.3 is 9.80 Å². The summed E-state index contributed by atoms with van der Waals surface area (Å²) in [6.45, 7) is 4.75. The number of rotatable bonds is 5. The topological polar surface area (TPSA) is 52.7 Å². The van der Waals surface area contributed by atoms with Crippen LogP contribution in [-0.2, 0) is 17.5 Å². The Hall–Kier alpha value is -2.94. The molecule has 2 aromatic rings. The van der Waals surface area contributed by atoms with E-state index in [-0.39, 0.29) is 24.3 Å².